The largest absolute Gasteiger partial charge is 0.390 e. The molecule has 9 unspecified atom stereocenters. The molecule has 9 atom stereocenters. The van der Waals surface area contributed by atoms with E-state index in [0.717, 1.165) is 55.8 Å². The highest BCUT2D eigenvalue weighted by atomic mass is 16.3. The minimum atomic E-state index is -0.730. The maximum absolute atomic E-state index is 10.7. The monoisotopic (exact) mass is 414 g/mol. The van der Waals surface area contributed by atoms with Gasteiger partial charge in [0, 0.05) is 0 Å². The number of hydrogen-bond acceptors (Lipinski definition) is 2. The summed E-state index contributed by atoms with van der Waals surface area (Å²) in [6.07, 6.45) is 15.9. The average Bonchev–Trinajstić information content (AvgIpc) is 3.04. The first-order valence-electron chi connectivity index (χ1n) is 12.7. The van der Waals surface area contributed by atoms with Crippen LogP contribution in [-0.2, 0) is 0 Å². The van der Waals surface area contributed by atoms with Crippen molar-refractivity contribution in [3.05, 3.63) is 24.3 Å². The Morgan fingerprint density at radius 2 is 1.90 bits per heavy atom. The summed E-state index contributed by atoms with van der Waals surface area (Å²) in [5.74, 6) is 3.93. The molecule has 3 fully saturated rings. The molecule has 0 aromatic rings. The second-order valence-corrected chi connectivity index (χ2v) is 12.7. The van der Waals surface area contributed by atoms with E-state index < -0.39 is 11.2 Å². The average molecular weight is 415 g/mol. The van der Waals surface area contributed by atoms with Gasteiger partial charge in [0.15, 0.2) is 0 Å². The van der Waals surface area contributed by atoms with Gasteiger partial charge in [-0.3, -0.25) is 0 Å². The van der Waals surface area contributed by atoms with E-state index in [4.69, 9.17) is 0 Å². The van der Waals surface area contributed by atoms with E-state index in [9.17, 15) is 10.2 Å². The Morgan fingerprint density at radius 1 is 1.17 bits per heavy atom. The first kappa shape index (κ1) is 22.6. The minimum absolute atomic E-state index is 0.318. The third kappa shape index (κ3) is 3.64. The number of aliphatic hydroxyl groups is 2. The highest BCUT2D eigenvalue weighted by molar-refractivity contribution is 5.26. The molecule has 0 amide bonds. The minimum Gasteiger partial charge on any atom is -0.390 e. The molecule has 4 rings (SSSR count). The molecular formula is C28H46O2. The quantitative estimate of drug-likeness (QED) is 0.493. The zero-order valence-corrected chi connectivity index (χ0v) is 20.2. The van der Waals surface area contributed by atoms with Crippen LogP contribution in [0, 0.1) is 40.4 Å². The van der Waals surface area contributed by atoms with E-state index in [2.05, 4.69) is 33.4 Å². The fourth-order valence-corrected chi connectivity index (χ4v) is 8.60. The lowest BCUT2D eigenvalue weighted by atomic mass is 9.46. The molecule has 170 valence electrons. The van der Waals surface area contributed by atoms with E-state index in [-0.39, 0.29) is 0 Å². The molecule has 0 aliphatic heterocycles. The molecule has 0 saturated heterocycles. The smallest absolute Gasteiger partial charge is 0.0797 e. The highest BCUT2D eigenvalue weighted by Crippen LogP contribution is 2.67. The maximum Gasteiger partial charge on any atom is 0.0797 e. The van der Waals surface area contributed by atoms with E-state index in [1.54, 1.807) is 11.6 Å². The third-order valence-electron chi connectivity index (χ3n) is 10.7. The molecule has 0 heterocycles. The van der Waals surface area contributed by atoms with Crippen LogP contribution in [0.1, 0.15) is 98.8 Å². The molecule has 3 saturated carbocycles. The summed E-state index contributed by atoms with van der Waals surface area (Å²) in [5.41, 5.74) is 1.12. The van der Waals surface area contributed by atoms with Crippen molar-refractivity contribution in [2.75, 3.05) is 0 Å². The Hall–Kier alpha value is -0.600. The predicted octanol–water partition coefficient (Wildman–Crippen LogP) is 6.67. The molecule has 30 heavy (non-hydrogen) atoms. The van der Waals surface area contributed by atoms with Crippen LogP contribution in [0.15, 0.2) is 24.3 Å². The molecule has 0 radical (unpaired) electrons. The highest BCUT2D eigenvalue weighted by Gasteiger charge is 2.59. The number of allylic oxidation sites excluding steroid dienone is 1. The molecule has 2 nitrogen and oxygen atoms in total. The Bertz CT molecular complexity index is 703. The Kier molecular flexibility index (Phi) is 5.63. The van der Waals surface area contributed by atoms with Crippen LogP contribution in [0.3, 0.4) is 0 Å². The van der Waals surface area contributed by atoms with E-state index in [0.29, 0.717) is 16.7 Å². The zero-order chi connectivity index (χ0) is 21.9. The van der Waals surface area contributed by atoms with Crippen LogP contribution >= 0.6 is 0 Å². The van der Waals surface area contributed by atoms with Crippen molar-refractivity contribution in [1.29, 1.82) is 0 Å². The van der Waals surface area contributed by atoms with Gasteiger partial charge in [0.25, 0.3) is 0 Å². The van der Waals surface area contributed by atoms with Crippen molar-refractivity contribution in [2.45, 2.75) is 110 Å². The van der Waals surface area contributed by atoms with Crippen LogP contribution in [0.4, 0.5) is 0 Å². The fraction of sp³-hybridized carbons (Fsp3) is 0.857. The van der Waals surface area contributed by atoms with Gasteiger partial charge in [-0.2, -0.15) is 0 Å². The Morgan fingerprint density at radius 3 is 2.60 bits per heavy atom. The van der Waals surface area contributed by atoms with Crippen LogP contribution < -0.4 is 0 Å². The molecule has 2 heteroatoms. The van der Waals surface area contributed by atoms with Crippen LogP contribution in [-0.4, -0.2) is 21.4 Å². The maximum atomic E-state index is 10.7. The van der Waals surface area contributed by atoms with Gasteiger partial charge in [0.2, 0.25) is 0 Å². The summed E-state index contributed by atoms with van der Waals surface area (Å²) >= 11 is 0. The van der Waals surface area contributed by atoms with Gasteiger partial charge < -0.3 is 10.2 Å². The Labute approximate surface area is 185 Å². The summed E-state index contributed by atoms with van der Waals surface area (Å²) in [4.78, 5) is 0. The van der Waals surface area contributed by atoms with Crippen molar-refractivity contribution in [3.63, 3.8) is 0 Å². The number of fused-ring (bicyclic) bond motifs is 5. The first-order chi connectivity index (χ1) is 13.9. The van der Waals surface area contributed by atoms with Crippen molar-refractivity contribution >= 4 is 0 Å². The van der Waals surface area contributed by atoms with Gasteiger partial charge in [-0.05, 0) is 118 Å². The van der Waals surface area contributed by atoms with Gasteiger partial charge in [-0.15, -0.1) is 6.58 Å². The van der Waals surface area contributed by atoms with E-state index >= 15 is 0 Å². The summed E-state index contributed by atoms with van der Waals surface area (Å²) in [6, 6.07) is 0. The molecule has 0 spiro atoms. The van der Waals surface area contributed by atoms with Crippen molar-refractivity contribution in [3.8, 4) is 0 Å². The summed E-state index contributed by atoms with van der Waals surface area (Å²) in [7, 11) is 0. The lowest BCUT2D eigenvalue weighted by molar-refractivity contribution is -0.0711. The van der Waals surface area contributed by atoms with Crippen LogP contribution in [0.2, 0.25) is 0 Å². The third-order valence-corrected chi connectivity index (χ3v) is 10.7. The van der Waals surface area contributed by atoms with Gasteiger partial charge in [-0.1, -0.05) is 38.5 Å². The fourth-order valence-electron chi connectivity index (χ4n) is 8.60. The molecule has 4 aliphatic carbocycles. The molecule has 0 bridgehead atoms. The standard InChI is InChI=1S/C28H46O2/c1-7-25(3,29)14-12-19(2)22-10-11-23-21-9-8-20-18-26(4,30)16-17-27(20,5)24(21)13-15-28(22,23)6/h7-8,19,21-24,29-30H,1,9-18H2,2-6H3. The normalized spacial score (nSPS) is 48.6. The summed E-state index contributed by atoms with van der Waals surface area (Å²) in [5, 5.41) is 21.1. The van der Waals surface area contributed by atoms with E-state index in [1.165, 1.54) is 32.1 Å². The first-order valence-corrected chi connectivity index (χ1v) is 12.7. The van der Waals surface area contributed by atoms with Gasteiger partial charge >= 0.3 is 0 Å². The zero-order valence-electron chi connectivity index (χ0n) is 20.2. The lowest BCUT2D eigenvalue weighted by Gasteiger charge is -2.59. The number of hydrogen-bond donors (Lipinski definition) is 2. The molecular weight excluding hydrogens is 368 g/mol. The van der Waals surface area contributed by atoms with Gasteiger partial charge in [0.1, 0.15) is 0 Å². The van der Waals surface area contributed by atoms with Gasteiger partial charge in [-0.25, -0.2) is 0 Å². The SMILES string of the molecule is C=CC(C)(O)CCC(C)C1CCC2C3CC=C4CC(C)(O)CCC4(C)C3CCC12C. The Balaban J connectivity index is 1.51. The second-order valence-electron chi connectivity index (χ2n) is 12.7. The lowest BCUT2D eigenvalue weighted by Crippen LogP contribution is -2.52. The summed E-state index contributed by atoms with van der Waals surface area (Å²) in [6.45, 7) is 15.3. The van der Waals surface area contributed by atoms with Crippen molar-refractivity contribution < 1.29 is 10.2 Å². The predicted molar refractivity (Wildman–Crippen MR) is 125 cm³/mol. The van der Waals surface area contributed by atoms with Crippen LogP contribution in [0.5, 0.6) is 0 Å². The summed E-state index contributed by atoms with van der Waals surface area (Å²) < 4.78 is 0. The molecule has 2 N–H and O–H groups in total. The van der Waals surface area contributed by atoms with Crippen LogP contribution in [0.25, 0.3) is 0 Å². The van der Waals surface area contributed by atoms with Gasteiger partial charge in [0.05, 0.1) is 11.2 Å². The molecule has 4 aliphatic rings. The molecule has 0 aromatic carbocycles. The van der Waals surface area contributed by atoms with Crippen molar-refractivity contribution in [1.82, 2.24) is 0 Å². The van der Waals surface area contributed by atoms with Crippen molar-refractivity contribution in [2.24, 2.45) is 40.4 Å². The number of rotatable bonds is 5. The second kappa shape index (κ2) is 7.48. The molecule has 0 aromatic heterocycles. The topological polar surface area (TPSA) is 40.5 Å². The van der Waals surface area contributed by atoms with E-state index in [1.807, 2.05) is 13.8 Å².